The Morgan fingerprint density at radius 2 is 1.85 bits per heavy atom. The minimum absolute atomic E-state index is 0.0188. The monoisotopic (exact) mass is 356 g/mol. The highest BCUT2D eigenvalue weighted by Gasteiger charge is 2.25. The molecular weight excluding hydrogens is 328 g/mol. The number of nitrogens with zero attached hydrogens (tertiary/aromatic N) is 2. The number of hydrogen-bond donors (Lipinski definition) is 2. The number of piperazine rings is 1. The minimum atomic E-state index is -0.0188. The van der Waals surface area contributed by atoms with Gasteiger partial charge in [-0.3, -0.25) is 4.79 Å². The maximum absolute atomic E-state index is 12.6. The lowest BCUT2D eigenvalue weighted by Gasteiger charge is -2.35. The van der Waals surface area contributed by atoms with Crippen LogP contribution in [-0.4, -0.2) is 58.9 Å². The Kier molecular flexibility index (Phi) is 5.81. The molecule has 1 fully saturated rings. The lowest BCUT2D eigenvalue weighted by atomic mass is 10.1. The van der Waals surface area contributed by atoms with Crippen LogP contribution in [0.2, 0.25) is 0 Å². The Morgan fingerprint density at radius 3 is 2.58 bits per heavy atom. The van der Waals surface area contributed by atoms with E-state index >= 15 is 0 Å². The van der Waals surface area contributed by atoms with E-state index in [0.29, 0.717) is 32.6 Å². The summed E-state index contributed by atoms with van der Waals surface area (Å²) in [6, 6.07) is 8.19. The van der Waals surface area contributed by atoms with Crippen molar-refractivity contribution in [2.24, 2.45) is 0 Å². The molecule has 2 heterocycles. The summed E-state index contributed by atoms with van der Waals surface area (Å²) < 4.78 is 0. The summed E-state index contributed by atoms with van der Waals surface area (Å²) in [5, 5.41) is 4.13. The van der Waals surface area contributed by atoms with Gasteiger partial charge in [-0.05, 0) is 25.0 Å². The van der Waals surface area contributed by atoms with E-state index in [1.165, 1.54) is 0 Å². The molecule has 6 heteroatoms. The number of benzene rings is 1. The van der Waals surface area contributed by atoms with E-state index in [2.05, 4.69) is 17.2 Å². The third-order valence-electron chi connectivity index (χ3n) is 5.03. The largest absolute Gasteiger partial charge is 0.361 e. The van der Waals surface area contributed by atoms with E-state index in [1.807, 2.05) is 47.2 Å². The van der Waals surface area contributed by atoms with Crippen LogP contribution in [0.5, 0.6) is 0 Å². The first-order chi connectivity index (χ1) is 12.6. The van der Waals surface area contributed by atoms with Crippen molar-refractivity contribution in [1.82, 2.24) is 20.1 Å². The van der Waals surface area contributed by atoms with Gasteiger partial charge in [0.25, 0.3) is 0 Å². The number of aromatic amines is 1. The van der Waals surface area contributed by atoms with Crippen molar-refractivity contribution in [3.63, 3.8) is 0 Å². The van der Waals surface area contributed by atoms with Gasteiger partial charge in [0.2, 0.25) is 5.91 Å². The van der Waals surface area contributed by atoms with Gasteiger partial charge in [0.05, 0.1) is 6.42 Å². The topological polar surface area (TPSA) is 68.4 Å². The molecule has 0 spiro atoms. The van der Waals surface area contributed by atoms with E-state index in [9.17, 15) is 9.59 Å². The van der Waals surface area contributed by atoms with Crippen molar-refractivity contribution < 1.29 is 9.59 Å². The Labute approximate surface area is 154 Å². The maximum Gasteiger partial charge on any atom is 0.317 e. The van der Waals surface area contributed by atoms with Crippen LogP contribution in [-0.2, 0) is 11.2 Å². The molecule has 1 saturated heterocycles. The fraction of sp³-hybridized carbons (Fsp3) is 0.500. The van der Waals surface area contributed by atoms with Crippen molar-refractivity contribution >= 4 is 22.8 Å². The molecule has 6 nitrogen and oxygen atoms in total. The number of para-hydroxylation sites is 1. The first-order valence-corrected chi connectivity index (χ1v) is 9.46. The van der Waals surface area contributed by atoms with Gasteiger partial charge in [-0.2, -0.15) is 0 Å². The molecule has 0 saturated carbocycles. The normalized spacial score (nSPS) is 15.9. The molecule has 2 N–H and O–H groups in total. The Hall–Kier alpha value is -2.50. The highest BCUT2D eigenvalue weighted by atomic mass is 16.2. The number of fused-ring (bicyclic) bond motifs is 1. The van der Waals surface area contributed by atoms with E-state index in [4.69, 9.17) is 0 Å². The number of carbonyl (C=O) groups is 2. The average Bonchev–Trinajstić information content (AvgIpc) is 3.05. The molecule has 0 radical (unpaired) electrons. The van der Waals surface area contributed by atoms with E-state index in [0.717, 1.165) is 29.3 Å². The van der Waals surface area contributed by atoms with E-state index < -0.39 is 0 Å². The van der Waals surface area contributed by atoms with Crippen molar-refractivity contribution in [1.29, 1.82) is 0 Å². The van der Waals surface area contributed by atoms with Crippen LogP contribution >= 0.6 is 0 Å². The fourth-order valence-corrected chi connectivity index (χ4v) is 3.52. The molecule has 0 aliphatic carbocycles. The van der Waals surface area contributed by atoms with Gasteiger partial charge in [-0.25, -0.2) is 4.79 Å². The highest BCUT2D eigenvalue weighted by molar-refractivity contribution is 5.89. The van der Waals surface area contributed by atoms with Gasteiger partial charge in [-0.1, -0.05) is 31.5 Å². The molecule has 140 valence electrons. The fourth-order valence-electron chi connectivity index (χ4n) is 3.52. The summed E-state index contributed by atoms with van der Waals surface area (Å²) in [7, 11) is 0. The Balaban J connectivity index is 1.51. The number of H-pyrrole nitrogens is 1. The number of urea groups is 1. The van der Waals surface area contributed by atoms with Crippen LogP contribution in [0, 0.1) is 0 Å². The predicted octanol–water partition coefficient (Wildman–Crippen LogP) is 2.75. The molecule has 1 aromatic heterocycles. The molecule has 26 heavy (non-hydrogen) atoms. The van der Waals surface area contributed by atoms with E-state index in [-0.39, 0.29) is 18.0 Å². The molecule has 1 aromatic carbocycles. The zero-order valence-corrected chi connectivity index (χ0v) is 15.6. The number of aromatic nitrogens is 1. The first kappa shape index (κ1) is 18.3. The van der Waals surface area contributed by atoms with Crippen LogP contribution in [0.15, 0.2) is 30.5 Å². The lowest BCUT2D eigenvalue weighted by Crippen LogP contribution is -2.54. The molecule has 1 atom stereocenters. The number of nitrogens with one attached hydrogen (secondary N) is 2. The zero-order valence-electron chi connectivity index (χ0n) is 15.6. The van der Waals surface area contributed by atoms with Crippen molar-refractivity contribution in [2.75, 3.05) is 26.2 Å². The molecule has 0 unspecified atom stereocenters. The SMILES string of the molecule is CCC[C@@H](C)NC(=O)N1CCN(C(=O)Cc2c[nH]c3ccccc23)CC1. The second kappa shape index (κ2) is 8.25. The second-order valence-corrected chi connectivity index (χ2v) is 7.04. The quantitative estimate of drug-likeness (QED) is 0.865. The molecule has 2 aromatic rings. The van der Waals surface area contributed by atoms with Crippen molar-refractivity contribution in [3.05, 3.63) is 36.0 Å². The lowest BCUT2D eigenvalue weighted by molar-refractivity contribution is -0.131. The summed E-state index contributed by atoms with van der Waals surface area (Å²) in [4.78, 5) is 31.8. The molecular formula is C20H28N4O2. The summed E-state index contributed by atoms with van der Waals surface area (Å²) in [6.07, 6.45) is 4.34. The van der Waals surface area contributed by atoms with Crippen LogP contribution < -0.4 is 5.32 Å². The second-order valence-electron chi connectivity index (χ2n) is 7.04. The van der Waals surface area contributed by atoms with Gasteiger partial charge in [0.15, 0.2) is 0 Å². The van der Waals surface area contributed by atoms with E-state index in [1.54, 1.807) is 0 Å². The van der Waals surface area contributed by atoms with Gasteiger partial charge < -0.3 is 20.1 Å². The molecule has 3 amide bonds. The van der Waals surface area contributed by atoms with Crippen molar-refractivity contribution in [2.45, 2.75) is 39.2 Å². The summed E-state index contributed by atoms with van der Waals surface area (Å²) >= 11 is 0. The molecule has 1 aliphatic heterocycles. The summed E-state index contributed by atoms with van der Waals surface area (Å²) in [5.74, 6) is 0.120. The number of carbonyl (C=O) groups excluding carboxylic acids is 2. The highest BCUT2D eigenvalue weighted by Crippen LogP contribution is 2.19. The third kappa shape index (κ3) is 4.18. The Morgan fingerprint density at radius 1 is 1.15 bits per heavy atom. The molecule has 0 bridgehead atoms. The number of amides is 3. The van der Waals surface area contributed by atoms with Crippen LogP contribution in [0.1, 0.15) is 32.3 Å². The number of hydrogen-bond acceptors (Lipinski definition) is 2. The average molecular weight is 356 g/mol. The minimum Gasteiger partial charge on any atom is -0.361 e. The number of rotatable bonds is 5. The van der Waals surface area contributed by atoms with Crippen LogP contribution in [0.3, 0.4) is 0 Å². The summed E-state index contributed by atoms with van der Waals surface area (Å²) in [6.45, 7) is 6.51. The standard InChI is InChI=1S/C20H28N4O2/c1-3-6-15(2)22-20(26)24-11-9-23(10-12-24)19(25)13-16-14-21-18-8-5-4-7-17(16)18/h4-5,7-8,14-15,21H,3,6,9-13H2,1-2H3,(H,22,26)/t15-/m1/s1. The Bertz CT molecular complexity index is 762. The van der Waals surface area contributed by atoms with Gasteiger partial charge in [0, 0.05) is 49.3 Å². The van der Waals surface area contributed by atoms with Gasteiger partial charge >= 0.3 is 6.03 Å². The van der Waals surface area contributed by atoms with Crippen LogP contribution in [0.4, 0.5) is 4.79 Å². The molecule has 1 aliphatic rings. The smallest absolute Gasteiger partial charge is 0.317 e. The van der Waals surface area contributed by atoms with Gasteiger partial charge in [0.1, 0.15) is 0 Å². The van der Waals surface area contributed by atoms with Crippen molar-refractivity contribution in [3.8, 4) is 0 Å². The maximum atomic E-state index is 12.6. The molecule has 3 rings (SSSR count). The third-order valence-corrected chi connectivity index (χ3v) is 5.03. The zero-order chi connectivity index (χ0) is 18.5. The van der Waals surface area contributed by atoms with Crippen LogP contribution in [0.25, 0.3) is 10.9 Å². The first-order valence-electron chi connectivity index (χ1n) is 9.46. The predicted molar refractivity (Wildman–Crippen MR) is 103 cm³/mol. The van der Waals surface area contributed by atoms with Gasteiger partial charge in [-0.15, -0.1) is 0 Å². The summed E-state index contributed by atoms with van der Waals surface area (Å²) in [5.41, 5.74) is 2.08.